The molecule has 0 radical (unpaired) electrons. The van der Waals surface area contributed by atoms with E-state index in [1.807, 2.05) is 6.07 Å². The van der Waals surface area contributed by atoms with Crippen molar-refractivity contribution in [2.75, 3.05) is 6.61 Å². The van der Waals surface area contributed by atoms with Gasteiger partial charge in [0, 0.05) is 0 Å². The maximum Gasteiger partial charge on any atom is 0.338 e. The molecule has 0 aliphatic carbocycles. The zero-order valence-corrected chi connectivity index (χ0v) is 14.3. The van der Waals surface area contributed by atoms with Gasteiger partial charge in [0.2, 0.25) is 5.88 Å². The first kappa shape index (κ1) is 18.5. The Morgan fingerprint density at radius 1 is 1.44 bits per heavy atom. The number of ether oxygens (including phenoxy) is 2. The van der Waals surface area contributed by atoms with Gasteiger partial charge in [0.25, 0.3) is 10.1 Å². The molecule has 0 spiro atoms. The second-order valence-electron chi connectivity index (χ2n) is 5.13. The molecule has 2 rings (SSSR count). The molecule has 1 aliphatic rings. The normalized spacial score (nSPS) is 17.8. The minimum absolute atomic E-state index is 0.0233. The van der Waals surface area contributed by atoms with Gasteiger partial charge < -0.3 is 15.2 Å². The van der Waals surface area contributed by atoms with Gasteiger partial charge in [-0.15, -0.1) is 0 Å². The highest BCUT2D eigenvalue weighted by Gasteiger charge is 2.38. The molecule has 1 unspecified atom stereocenters. The van der Waals surface area contributed by atoms with Gasteiger partial charge >= 0.3 is 5.97 Å². The zero-order chi connectivity index (χ0) is 18.8. The number of hydrogen-bond acceptors (Lipinski definition) is 7. The number of nitrogens with zero attached hydrogens (tertiary/aromatic N) is 1. The second kappa shape index (κ2) is 6.96. The number of carbonyl (C=O) groups excluding carboxylic acids is 1. The quantitative estimate of drug-likeness (QED) is 0.606. The number of allylic oxidation sites excluding steroid dienone is 2. The topological polar surface area (TPSA) is 140 Å². The van der Waals surface area contributed by atoms with Crippen LogP contribution >= 0.6 is 0 Å². The number of esters is 1. The van der Waals surface area contributed by atoms with Crippen LogP contribution in [-0.4, -0.2) is 25.5 Å². The number of carbonyl (C=O) groups is 1. The summed E-state index contributed by atoms with van der Waals surface area (Å²) in [7, 11) is -4.60. The van der Waals surface area contributed by atoms with Crippen molar-refractivity contribution < 1.29 is 27.2 Å². The lowest BCUT2D eigenvalue weighted by molar-refractivity contribution is -0.139. The fourth-order valence-electron chi connectivity index (χ4n) is 2.62. The molecule has 0 bridgehead atoms. The highest BCUT2D eigenvalue weighted by atomic mass is 32.2. The van der Waals surface area contributed by atoms with Gasteiger partial charge in [-0.2, -0.15) is 13.7 Å². The van der Waals surface area contributed by atoms with Crippen LogP contribution in [0, 0.1) is 11.3 Å². The van der Waals surface area contributed by atoms with Crippen molar-refractivity contribution in [2.24, 2.45) is 5.73 Å². The van der Waals surface area contributed by atoms with E-state index in [2.05, 4.69) is 0 Å². The average Bonchev–Trinajstić information content (AvgIpc) is 2.53. The molecule has 0 aromatic heterocycles. The maximum absolute atomic E-state index is 12.4. The Bertz CT molecular complexity index is 924. The van der Waals surface area contributed by atoms with Crippen molar-refractivity contribution in [2.45, 2.75) is 24.7 Å². The molecule has 3 N–H and O–H groups in total. The number of hydrogen-bond donors (Lipinski definition) is 2. The zero-order valence-electron chi connectivity index (χ0n) is 13.5. The molecule has 0 saturated carbocycles. The number of nitrogens with two attached hydrogens (primary N) is 1. The number of rotatable bonds is 4. The summed E-state index contributed by atoms with van der Waals surface area (Å²) in [6, 6.07) is 7.32. The molecule has 8 nitrogen and oxygen atoms in total. The van der Waals surface area contributed by atoms with Gasteiger partial charge in [-0.25, -0.2) is 4.79 Å². The summed E-state index contributed by atoms with van der Waals surface area (Å²) >= 11 is 0. The van der Waals surface area contributed by atoms with Crippen LogP contribution in [0.2, 0.25) is 0 Å². The first-order valence-electron chi connectivity index (χ1n) is 7.24. The number of benzene rings is 1. The molecule has 1 aromatic carbocycles. The summed E-state index contributed by atoms with van der Waals surface area (Å²) < 4.78 is 43.2. The van der Waals surface area contributed by atoms with Gasteiger partial charge in [-0.3, -0.25) is 4.55 Å². The Morgan fingerprint density at radius 3 is 2.64 bits per heavy atom. The summed E-state index contributed by atoms with van der Waals surface area (Å²) in [5, 5.41) is 9.45. The predicted octanol–water partition coefficient (Wildman–Crippen LogP) is 1.58. The van der Waals surface area contributed by atoms with Gasteiger partial charge in [-0.05, 0) is 25.5 Å². The van der Waals surface area contributed by atoms with Gasteiger partial charge in [0.15, 0.2) is 0 Å². The summed E-state index contributed by atoms with van der Waals surface area (Å²) in [6.07, 6.45) is 0. The second-order valence-corrected chi connectivity index (χ2v) is 6.52. The fourth-order valence-corrected chi connectivity index (χ4v) is 3.35. The van der Waals surface area contributed by atoms with Crippen LogP contribution in [0.15, 0.2) is 51.9 Å². The molecule has 1 aliphatic heterocycles. The lowest BCUT2D eigenvalue weighted by atomic mass is 9.83. The smallest absolute Gasteiger partial charge is 0.338 e. The van der Waals surface area contributed by atoms with E-state index in [9.17, 15) is 23.0 Å². The van der Waals surface area contributed by atoms with Crippen LogP contribution in [0.4, 0.5) is 0 Å². The van der Waals surface area contributed by atoms with Crippen LogP contribution in [0.1, 0.15) is 25.3 Å². The summed E-state index contributed by atoms with van der Waals surface area (Å²) in [4.78, 5) is 11.9. The lowest BCUT2D eigenvalue weighted by Crippen LogP contribution is -2.26. The molecule has 1 aromatic rings. The van der Waals surface area contributed by atoms with Gasteiger partial charge in [0.1, 0.15) is 17.4 Å². The van der Waals surface area contributed by atoms with Crippen molar-refractivity contribution >= 4 is 16.1 Å². The third-order valence-corrected chi connectivity index (χ3v) is 4.54. The van der Waals surface area contributed by atoms with Crippen molar-refractivity contribution in [3.05, 3.63) is 52.6 Å². The van der Waals surface area contributed by atoms with Crippen LogP contribution in [0.5, 0.6) is 0 Å². The average molecular weight is 364 g/mol. The Balaban J connectivity index is 2.79. The molecular formula is C16H16N2O6S. The molecular weight excluding hydrogens is 348 g/mol. The summed E-state index contributed by atoms with van der Waals surface area (Å²) in [6.45, 7) is 3.13. The van der Waals surface area contributed by atoms with E-state index in [4.69, 9.17) is 15.2 Å². The predicted molar refractivity (Wildman–Crippen MR) is 86.2 cm³/mol. The molecule has 0 amide bonds. The van der Waals surface area contributed by atoms with Crippen molar-refractivity contribution in [1.29, 1.82) is 5.26 Å². The highest BCUT2D eigenvalue weighted by molar-refractivity contribution is 7.85. The molecule has 0 saturated heterocycles. The number of nitriles is 1. The van der Waals surface area contributed by atoms with Crippen LogP contribution in [-0.2, 0) is 24.4 Å². The van der Waals surface area contributed by atoms with Crippen LogP contribution in [0.3, 0.4) is 0 Å². The molecule has 25 heavy (non-hydrogen) atoms. The first-order valence-corrected chi connectivity index (χ1v) is 8.68. The van der Waals surface area contributed by atoms with E-state index in [-0.39, 0.29) is 35.0 Å². The van der Waals surface area contributed by atoms with E-state index in [0.717, 1.165) is 0 Å². The Kier molecular flexibility index (Phi) is 5.15. The Labute approximate surface area is 144 Å². The van der Waals surface area contributed by atoms with Crippen molar-refractivity contribution in [3.8, 4) is 6.07 Å². The minimum atomic E-state index is -4.60. The molecule has 1 heterocycles. The van der Waals surface area contributed by atoms with Gasteiger partial charge in [-0.1, -0.05) is 18.2 Å². The first-order chi connectivity index (χ1) is 11.7. The van der Waals surface area contributed by atoms with E-state index in [1.165, 1.54) is 31.2 Å². The fraction of sp³-hybridized carbons (Fsp3) is 0.250. The Morgan fingerprint density at radius 2 is 2.08 bits per heavy atom. The van der Waals surface area contributed by atoms with Crippen LogP contribution < -0.4 is 5.73 Å². The van der Waals surface area contributed by atoms with E-state index >= 15 is 0 Å². The van der Waals surface area contributed by atoms with E-state index in [1.54, 1.807) is 6.92 Å². The van der Waals surface area contributed by atoms with Crippen molar-refractivity contribution in [1.82, 2.24) is 0 Å². The molecule has 0 fully saturated rings. The SMILES string of the molecule is CCOC(=O)C1=C(C)OC(N)=C(C#N)C1c1ccccc1S(=O)(=O)O. The summed E-state index contributed by atoms with van der Waals surface area (Å²) in [5.41, 5.74) is 5.56. The summed E-state index contributed by atoms with van der Waals surface area (Å²) in [5.74, 6) is -2.07. The van der Waals surface area contributed by atoms with Crippen LogP contribution in [0.25, 0.3) is 0 Å². The van der Waals surface area contributed by atoms with Gasteiger partial charge in [0.05, 0.1) is 23.0 Å². The molecule has 9 heteroatoms. The van der Waals surface area contributed by atoms with Crippen molar-refractivity contribution in [3.63, 3.8) is 0 Å². The Hall–Kier alpha value is -2.83. The maximum atomic E-state index is 12.4. The molecule has 132 valence electrons. The minimum Gasteiger partial charge on any atom is -0.463 e. The largest absolute Gasteiger partial charge is 0.463 e. The third-order valence-electron chi connectivity index (χ3n) is 3.61. The lowest BCUT2D eigenvalue weighted by Gasteiger charge is -2.27. The third kappa shape index (κ3) is 3.50. The monoisotopic (exact) mass is 364 g/mol. The standard InChI is InChI=1S/C16H16N2O6S/c1-3-23-16(19)13-9(2)24-15(18)11(8-17)14(13)10-6-4-5-7-12(10)25(20,21)22/h4-7,14H,3,18H2,1-2H3,(H,20,21,22). The van der Waals surface area contributed by atoms with E-state index in [0.29, 0.717) is 0 Å². The highest BCUT2D eigenvalue weighted by Crippen LogP contribution is 2.41. The molecule has 1 atom stereocenters. The van der Waals surface area contributed by atoms with E-state index < -0.39 is 26.9 Å².